The summed E-state index contributed by atoms with van der Waals surface area (Å²) in [6.45, 7) is 2.11. The number of methoxy groups -OCH3 is 1. The lowest BCUT2D eigenvalue weighted by Gasteiger charge is -2.27. The van der Waals surface area contributed by atoms with Gasteiger partial charge in [0.15, 0.2) is 5.75 Å². The molecule has 0 radical (unpaired) electrons. The number of carbonyl (C=O) groups is 1. The first-order chi connectivity index (χ1) is 14.2. The number of fused-ring (bicyclic) bond motifs is 1. The molecule has 2 heterocycles. The molecule has 160 valence electrons. The fraction of sp³-hybridized carbons (Fsp3) is 0.368. The summed E-state index contributed by atoms with van der Waals surface area (Å²) in [7, 11) is -2.08. The number of amides is 1. The number of benzene rings is 1. The molecule has 0 saturated carbocycles. The highest BCUT2D eigenvalue weighted by atomic mass is 32.2. The van der Waals surface area contributed by atoms with Crippen molar-refractivity contribution in [1.29, 1.82) is 0 Å². The molecule has 1 amide bonds. The van der Waals surface area contributed by atoms with E-state index >= 15 is 0 Å². The Kier molecular flexibility index (Phi) is 5.92. The van der Waals surface area contributed by atoms with Gasteiger partial charge in [-0.2, -0.15) is 0 Å². The van der Waals surface area contributed by atoms with Crippen molar-refractivity contribution in [3.8, 4) is 11.6 Å². The van der Waals surface area contributed by atoms with Gasteiger partial charge in [0.25, 0.3) is 17.5 Å². The molecule has 30 heavy (non-hydrogen) atoms. The topological polar surface area (TPSA) is 129 Å². The number of sulfone groups is 1. The van der Waals surface area contributed by atoms with E-state index in [4.69, 9.17) is 9.47 Å². The standard InChI is InChI=1S/C19H21N3O7S/c1-4-29-18-16(28-2)9-8-13(20-18)15(11-30(3,26)27)21-10-12-6-5-7-14(22(24)25)17(12)19(21)23/h5-9,15H,4,10-11H2,1-3H3/t15-/m1/s1. The zero-order valence-electron chi connectivity index (χ0n) is 16.7. The van der Waals surface area contributed by atoms with Crippen molar-refractivity contribution in [3.05, 3.63) is 57.3 Å². The van der Waals surface area contributed by atoms with Crippen molar-refractivity contribution in [2.75, 3.05) is 25.7 Å². The monoisotopic (exact) mass is 435 g/mol. The maximum absolute atomic E-state index is 13.1. The normalized spacial score (nSPS) is 14.4. The molecule has 0 N–H and O–H groups in total. The Morgan fingerprint density at radius 3 is 2.63 bits per heavy atom. The Hall–Kier alpha value is -3.21. The van der Waals surface area contributed by atoms with Crippen LogP contribution in [0.5, 0.6) is 11.6 Å². The number of pyridine rings is 1. The zero-order valence-corrected chi connectivity index (χ0v) is 17.5. The molecule has 1 aromatic heterocycles. The Bertz CT molecular complexity index is 1100. The van der Waals surface area contributed by atoms with Gasteiger partial charge in [-0.3, -0.25) is 14.9 Å². The zero-order chi connectivity index (χ0) is 22.1. The molecule has 0 unspecified atom stereocenters. The Balaban J connectivity index is 2.08. The van der Waals surface area contributed by atoms with E-state index in [1.807, 2.05) is 0 Å². The van der Waals surface area contributed by atoms with Crippen LogP contribution in [0, 0.1) is 10.1 Å². The number of rotatable bonds is 8. The third-order valence-electron chi connectivity index (χ3n) is 4.67. The number of ether oxygens (including phenoxy) is 2. The third-order valence-corrected chi connectivity index (χ3v) is 5.59. The van der Waals surface area contributed by atoms with Crippen LogP contribution in [0.3, 0.4) is 0 Å². The molecule has 1 aromatic carbocycles. The molecule has 11 heteroatoms. The van der Waals surface area contributed by atoms with E-state index in [1.165, 1.54) is 24.1 Å². The van der Waals surface area contributed by atoms with Crippen molar-refractivity contribution < 1.29 is 27.6 Å². The molecule has 1 atom stereocenters. The fourth-order valence-corrected chi connectivity index (χ4v) is 4.34. The molecule has 0 saturated heterocycles. The fourth-order valence-electron chi connectivity index (χ4n) is 3.41. The molecular formula is C19H21N3O7S. The maximum atomic E-state index is 13.1. The lowest BCUT2D eigenvalue weighted by atomic mass is 10.1. The number of nitro benzene ring substituents is 1. The van der Waals surface area contributed by atoms with E-state index in [-0.39, 0.29) is 29.4 Å². The van der Waals surface area contributed by atoms with Crippen molar-refractivity contribution in [2.24, 2.45) is 0 Å². The maximum Gasteiger partial charge on any atom is 0.282 e. The molecule has 1 aliphatic rings. The highest BCUT2D eigenvalue weighted by Crippen LogP contribution is 2.37. The van der Waals surface area contributed by atoms with Crippen LogP contribution in [0.4, 0.5) is 5.69 Å². The van der Waals surface area contributed by atoms with Gasteiger partial charge < -0.3 is 14.4 Å². The molecule has 0 spiro atoms. The first-order valence-electron chi connectivity index (χ1n) is 9.09. The first-order valence-corrected chi connectivity index (χ1v) is 11.1. The van der Waals surface area contributed by atoms with Crippen LogP contribution in [-0.2, 0) is 16.4 Å². The van der Waals surface area contributed by atoms with E-state index in [1.54, 1.807) is 25.1 Å². The summed E-state index contributed by atoms with van der Waals surface area (Å²) >= 11 is 0. The average Bonchev–Trinajstić information content (AvgIpc) is 3.02. The van der Waals surface area contributed by atoms with E-state index in [0.717, 1.165) is 6.26 Å². The molecule has 0 aliphatic carbocycles. The summed E-state index contributed by atoms with van der Waals surface area (Å²) in [5.74, 6) is -0.469. The molecule has 2 aromatic rings. The lowest BCUT2D eigenvalue weighted by Crippen LogP contribution is -2.34. The summed E-state index contributed by atoms with van der Waals surface area (Å²) in [5, 5.41) is 11.4. The molecular weight excluding hydrogens is 414 g/mol. The van der Waals surface area contributed by atoms with Gasteiger partial charge in [-0.25, -0.2) is 13.4 Å². The number of aromatic nitrogens is 1. The van der Waals surface area contributed by atoms with Crippen LogP contribution in [0.25, 0.3) is 0 Å². The Morgan fingerprint density at radius 1 is 1.30 bits per heavy atom. The van der Waals surface area contributed by atoms with E-state index in [0.29, 0.717) is 17.9 Å². The van der Waals surface area contributed by atoms with Gasteiger partial charge in [0, 0.05) is 18.9 Å². The van der Waals surface area contributed by atoms with Crippen LogP contribution in [0.15, 0.2) is 30.3 Å². The van der Waals surface area contributed by atoms with Crippen molar-refractivity contribution in [2.45, 2.75) is 19.5 Å². The number of nitrogens with zero attached hydrogens (tertiary/aromatic N) is 3. The largest absolute Gasteiger partial charge is 0.491 e. The van der Waals surface area contributed by atoms with Crippen LogP contribution < -0.4 is 9.47 Å². The van der Waals surface area contributed by atoms with Gasteiger partial charge in [-0.1, -0.05) is 12.1 Å². The number of nitro groups is 1. The highest BCUT2D eigenvalue weighted by Gasteiger charge is 2.40. The van der Waals surface area contributed by atoms with E-state index in [9.17, 15) is 23.3 Å². The summed E-state index contributed by atoms with van der Waals surface area (Å²) in [6.07, 6.45) is 1.06. The van der Waals surface area contributed by atoms with Crippen molar-refractivity contribution >= 4 is 21.4 Å². The van der Waals surface area contributed by atoms with E-state index in [2.05, 4.69) is 4.98 Å². The van der Waals surface area contributed by atoms with Crippen LogP contribution in [0.1, 0.15) is 34.6 Å². The Morgan fingerprint density at radius 2 is 2.03 bits per heavy atom. The van der Waals surface area contributed by atoms with Gasteiger partial charge in [0.05, 0.1) is 36.1 Å². The second kappa shape index (κ2) is 8.27. The summed E-state index contributed by atoms with van der Waals surface area (Å²) in [5.41, 5.74) is 0.412. The van der Waals surface area contributed by atoms with Gasteiger partial charge in [0.2, 0.25) is 0 Å². The van der Waals surface area contributed by atoms with Gasteiger partial charge in [-0.15, -0.1) is 0 Å². The Labute approximate surface area is 173 Å². The minimum atomic E-state index is -3.53. The predicted octanol–water partition coefficient (Wildman–Crippen LogP) is 2.14. The number of hydrogen-bond acceptors (Lipinski definition) is 8. The minimum Gasteiger partial charge on any atom is -0.491 e. The second-order valence-corrected chi connectivity index (χ2v) is 8.97. The predicted molar refractivity (Wildman–Crippen MR) is 107 cm³/mol. The first kappa shape index (κ1) is 21.5. The number of carbonyl (C=O) groups excluding carboxylic acids is 1. The molecule has 0 bridgehead atoms. The van der Waals surface area contributed by atoms with Crippen LogP contribution >= 0.6 is 0 Å². The molecule has 3 rings (SSSR count). The third kappa shape index (κ3) is 4.20. The highest BCUT2D eigenvalue weighted by molar-refractivity contribution is 7.90. The van der Waals surface area contributed by atoms with Gasteiger partial charge in [-0.05, 0) is 24.6 Å². The number of hydrogen-bond donors (Lipinski definition) is 0. The summed E-state index contributed by atoms with van der Waals surface area (Å²) < 4.78 is 34.9. The smallest absolute Gasteiger partial charge is 0.282 e. The lowest BCUT2D eigenvalue weighted by molar-refractivity contribution is -0.385. The van der Waals surface area contributed by atoms with Crippen molar-refractivity contribution in [3.63, 3.8) is 0 Å². The molecule has 0 fully saturated rings. The summed E-state index contributed by atoms with van der Waals surface area (Å²) in [6, 6.07) is 6.55. The van der Waals surface area contributed by atoms with Gasteiger partial charge >= 0.3 is 0 Å². The van der Waals surface area contributed by atoms with Crippen LogP contribution in [0.2, 0.25) is 0 Å². The second-order valence-electron chi connectivity index (χ2n) is 6.79. The quantitative estimate of drug-likeness (QED) is 0.455. The SMILES string of the molecule is CCOc1nc([C@@H](CS(C)(=O)=O)N2Cc3cccc([N+](=O)[O-])c3C2=O)ccc1OC. The minimum absolute atomic E-state index is 0.0282. The average molecular weight is 435 g/mol. The molecule has 1 aliphatic heterocycles. The van der Waals surface area contributed by atoms with Crippen molar-refractivity contribution in [1.82, 2.24) is 9.88 Å². The molecule has 10 nitrogen and oxygen atoms in total. The van der Waals surface area contributed by atoms with Crippen LogP contribution in [-0.4, -0.2) is 54.9 Å². The summed E-state index contributed by atoms with van der Waals surface area (Å²) in [4.78, 5) is 29.5. The van der Waals surface area contributed by atoms with Gasteiger partial charge in [0.1, 0.15) is 15.4 Å². The van der Waals surface area contributed by atoms with E-state index < -0.39 is 32.5 Å².